The number of esters is 1. The van der Waals surface area contributed by atoms with Gasteiger partial charge in [0.1, 0.15) is 6.10 Å². The van der Waals surface area contributed by atoms with Crippen LogP contribution in [-0.4, -0.2) is 33.9 Å². The van der Waals surface area contributed by atoms with E-state index in [1.165, 1.54) is 44.9 Å². The standard InChI is InChI=1S/C32H52O5/c1-5-6-7-8-9-10-11-12-13-15-26(33)37-27-23(2)24-16-21-32(36)30(4)19-14-18-29(3,28(34)35)25(30)17-20-31(27,32)22-24/h24-25,27,36H,2,5-22H2,1,3-4H3,(H,34,35)/t24-,25+,27+,29-,30-,31+,32-/m1/s1. The van der Waals surface area contributed by atoms with Gasteiger partial charge >= 0.3 is 11.9 Å². The summed E-state index contributed by atoms with van der Waals surface area (Å²) in [6.45, 7) is 10.7. The first-order chi connectivity index (χ1) is 17.6. The van der Waals surface area contributed by atoms with Gasteiger partial charge in [0.2, 0.25) is 0 Å². The molecule has 0 amide bonds. The minimum atomic E-state index is -1.04. The molecule has 5 nitrogen and oxygen atoms in total. The first-order valence-corrected chi connectivity index (χ1v) is 15.4. The average molecular weight is 517 g/mol. The van der Waals surface area contributed by atoms with Crippen molar-refractivity contribution in [3.63, 3.8) is 0 Å². The fourth-order valence-corrected chi connectivity index (χ4v) is 9.47. The molecule has 1 spiro atoms. The van der Waals surface area contributed by atoms with E-state index >= 15 is 0 Å². The van der Waals surface area contributed by atoms with Crippen molar-refractivity contribution >= 4 is 11.9 Å². The highest BCUT2D eigenvalue weighted by Gasteiger charge is 2.75. The Morgan fingerprint density at radius 1 is 0.946 bits per heavy atom. The van der Waals surface area contributed by atoms with Crippen LogP contribution in [0.2, 0.25) is 0 Å². The summed E-state index contributed by atoms with van der Waals surface area (Å²) in [5.74, 6) is -0.702. The molecule has 0 saturated heterocycles. The SMILES string of the molecule is C=C1[C@@H]2CC[C@]3(O)[C@@](CC[C@H]4[C@](C)(C(=O)O)CCC[C@]43C)(C2)[C@H]1OC(=O)CCCCCCCCCCC. The second-order valence-corrected chi connectivity index (χ2v) is 13.6. The predicted octanol–water partition coefficient (Wildman–Crippen LogP) is 7.60. The van der Waals surface area contributed by atoms with E-state index in [0.29, 0.717) is 25.7 Å². The molecule has 210 valence electrons. The molecule has 0 aliphatic heterocycles. The molecule has 7 atom stereocenters. The van der Waals surface area contributed by atoms with Crippen molar-refractivity contribution in [2.75, 3.05) is 0 Å². The number of aliphatic carboxylic acids is 1. The van der Waals surface area contributed by atoms with Gasteiger partial charge in [-0.15, -0.1) is 0 Å². The molecule has 0 aromatic carbocycles. The summed E-state index contributed by atoms with van der Waals surface area (Å²) in [4.78, 5) is 25.5. The second-order valence-electron chi connectivity index (χ2n) is 13.6. The topological polar surface area (TPSA) is 83.8 Å². The number of carboxylic acid groups (broad SMARTS) is 1. The molecule has 2 bridgehead atoms. The lowest BCUT2D eigenvalue weighted by atomic mass is 9.38. The zero-order valence-electron chi connectivity index (χ0n) is 23.8. The maximum Gasteiger partial charge on any atom is 0.309 e. The van der Waals surface area contributed by atoms with Crippen LogP contribution in [0.5, 0.6) is 0 Å². The van der Waals surface area contributed by atoms with E-state index in [-0.39, 0.29) is 17.8 Å². The summed E-state index contributed by atoms with van der Waals surface area (Å²) < 4.78 is 6.24. The fourth-order valence-electron chi connectivity index (χ4n) is 9.47. The Morgan fingerprint density at radius 3 is 2.24 bits per heavy atom. The van der Waals surface area contributed by atoms with Crippen LogP contribution < -0.4 is 0 Å². The summed E-state index contributed by atoms with van der Waals surface area (Å²) in [6, 6.07) is 0. The molecule has 0 aromatic heterocycles. The van der Waals surface area contributed by atoms with Gasteiger partial charge in [0.15, 0.2) is 0 Å². The lowest BCUT2D eigenvalue weighted by Crippen LogP contribution is -2.71. The number of carbonyl (C=O) groups excluding carboxylic acids is 1. The minimum absolute atomic E-state index is 0.0781. The van der Waals surface area contributed by atoms with Gasteiger partial charge in [-0.05, 0) is 75.7 Å². The first-order valence-electron chi connectivity index (χ1n) is 15.4. The molecule has 0 aromatic rings. The molecule has 37 heavy (non-hydrogen) atoms. The number of ether oxygens (including phenoxy) is 1. The smallest absolute Gasteiger partial charge is 0.309 e. The molecule has 0 radical (unpaired) electrons. The molecule has 4 fully saturated rings. The fraction of sp³-hybridized carbons (Fsp3) is 0.875. The Morgan fingerprint density at radius 2 is 1.59 bits per heavy atom. The van der Waals surface area contributed by atoms with E-state index in [1.54, 1.807) is 0 Å². The number of hydrogen-bond donors (Lipinski definition) is 2. The van der Waals surface area contributed by atoms with Crippen LogP contribution in [0.1, 0.15) is 136 Å². The molecule has 0 heterocycles. The first kappa shape index (κ1) is 28.6. The number of rotatable bonds is 12. The van der Waals surface area contributed by atoms with E-state index in [1.807, 2.05) is 6.92 Å². The highest BCUT2D eigenvalue weighted by molar-refractivity contribution is 5.75. The number of carbonyl (C=O) groups is 2. The minimum Gasteiger partial charge on any atom is -0.481 e. The van der Waals surface area contributed by atoms with Crippen LogP contribution >= 0.6 is 0 Å². The van der Waals surface area contributed by atoms with Crippen LogP contribution in [0.4, 0.5) is 0 Å². The van der Waals surface area contributed by atoms with Crippen molar-refractivity contribution in [2.45, 2.75) is 148 Å². The monoisotopic (exact) mass is 516 g/mol. The Balaban J connectivity index is 1.42. The van der Waals surface area contributed by atoms with E-state index in [2.05, 4.69) is 20.4 Å². The Labute approximate surface area is 224 Å². The quantitative estimate of drug-likeness (QED) is 0.158. The molecule has 2 N–H and O–H groups in total. The van der Waals surface area contributed by atoms with Gasteiger partial charge in [-0.1, -0.05) is 78.2 Å². The maximum atomic E-state index is 13.0. The normalized spacial score (nSPS) is 40.6. The van der Waals surface area contributed by atoms with Gasteiger partial charge in [0.05, 0.1) is 11.0 Å². The predicted molar refractivity (Wildman–Crippen MR) is 146 cm³/mol. The summed E-state index contributed by atoms with van der Waals surface area (Å²) in [7, 11) is 0. The van der Waals surface area contributed by atoms with Crippen molar-refractivity contribution in [1.82, 2.24) is 0 Å². The van der Waals surface area contributed by atoms with Gasteiger partial charge < -0.3 is 14.9 Å². The van der Waals surface area contributed by atoms with Crippen LogP contribution in [-0.2, 0) is 14.3 Å². The number of carboxylic acids is 1. The summed E-state index contributed by atoms with van der Waals surface area (Å²) in [5, 5.41) is 22.9. The zero-order valence-corrected chi connectivity index (χ0v) is 23.8. The van der Waals surface area contributed by atoms with Gasteiger partial charge in [-0.2, -0.15) is 0 Å². The van der Waals surface area contributed by atoms with Crippen molar-refractivity contribution in [3.8, 4) is 0 Å². The molecule has 4 aliphatic rings. The van der Waals surface area contributed by atoms with Crippen molar-refractivity contribution in [1.29, 1.82) is 0 Å². The van der Waals surface area contributed by atoms with Gasteiger partial charge in [-0.3, -0.25) is 9.59 Å². The largest absolute Gasteiger partial charge is 0.481 e. The van der Waals surface area contributed by atoms with Crippen LogP contribution in [0, 0.1) is 28.1 Å². The summed E-state index contributed by atoms with van der Waals surface area (Å²) in [6.07, 6.45) is 16.9. The third-order valence-electron chi connectivity index (χ3n) is 11.6. The Kier molecular flexibility index (Phi) is 8.53. The zero-order chi connectivity index (χ0) is 26.9. The number of hydrogen-bond acceptors (Lipinski definition) is 4. The van der Waals surface area contributed by atoms with Crippen LogP contribution in [0.25, 0.3) is 0 Å². The van der Waals surface area contributed by atoms with Gasteiger partial charge in [0, 0.05) is 17.3 Å². The number of aliphatic hydroxyl groups is 1. The molecule has 4 saturated carbocycles. The van der Waals surface area contributed by atoms with Crippen molar-refractivity contribution in [3.05, 3.63) is 12.2 Å². The molecule has 5 heteroatoms. The third kappa shape index (κ3) is 4.70. The molecular weight excluding hydrogens is 464 g/mol. The lowest BCUT2D eigenvalue weighted by Gasteiger charge is -2.68. The van der Waals surface area contributed by atoms with E-state index in [9.17, 15) is 19.8 Å². The second kappa shape index (κ2) is 11.0. The van der Waals surface area contributed by atoms with Crippen molar-refractivity contribution < 1.29 is 24.5 Å². The molecule has 0 unspecified atom stereocenters. The average Bonchev–Trinajstić information content (AvgIpc) is 3.07. The highest BCUT2D eigenvalue weighted by Crippen LogP contribution is 2.74. The molecule has 4 rings (SSSR count). The Hall–Kier alpha value is -1.36. The van der Waals surface area contributed by atoms with E-state index < -0.39 is 33.9 Å². The maximum absolute atomic E-state index is 13.0. The number of unbranched alkanes of at least 4 members (excludes halogenated alkanes) is 8. The Bertz CT molecular complexity index is 867. The van der Waals surface area contributed by atoms with E-state index in [4.69, 9.17) is 4.74 Å². The summed E-state index contributed by atoms with van der Waals surface area (Å²) in [5.41, 5.74) is -1.93. The third-order valence-corrected chi connectivity index (χ3v) is 11.6. The van der Waals surface area contributed by atoms with Crippen LogP contribution in [0.15, 0.2) is 12.2 Å². The molecule has 4 aliphatic carbocycles. The highest BCUT2D eigenvalue weighted by atomic mass is 16.5. The van der Waals surface area contributed by atoms with E-state index in [0.717, 1.165) is 50.5 Å². The molecular formula is C32H52O5. The summed E-state index contributed by atoms with van der Waals surface area (Å²) >= 11 is 0. The van der Waals surface area contributed by atoms with Gasteiger partial charge in [-0.25, -0.2) is 0 Å². The van der Waals surface area contributed by atoms with Crippen LogP contribution in [0.3, 0.4) is 0 Å². The lowest BCUT2D eigenvalue weighted by molar-refractivity contribution is -0.278. The van der Waals surface area contributed by atoms with Gasteiger partial charge in [0.25, 0.3) is 0 Å². The number of fused-ring (bicyclic) bond motifs is 3. The van der Waals surface area contributed by atoms with Crippen molar-refractivity contribution in [2.24, 2.45) is 28.1 Å².